The summed E-state index contributed by atoms with van der Waals surface area (Å²) >= 11 is 0. The van der Waals surface area contributed by atoms with Crippen molar-refractivity contribution in [2.45, 2.75) is 27.2 Å². The molecule has 1 aromatic heterocycles. The molecule has 1 aromatic carbocycles. The van der Waals surface area contributed by atoms with Crippen LogP contribution in [0.1, 0.15) is 35.5 Å². The van der Waals surface area contributed by atoms with Gasteiger partial charge >= 0.3 is 5.97 Å². The van der Waals surface area contributed by atoms with Gasteiger partial charge in [-0.3, -0.25) is 0 Å². The molecule has 0 spiro atoms. The van der Waals surface area contributed by atoms with Crippen LogP contribution >= 0.6 is 0 Å². The third-order valence-electron chi connectivity index (χ3n) is 3.08. The van der Waals surface area contributed by atoms with Gasteiger partial charge in [-0.1, -0.05) is 37.3 Å². The van der Waals surface area contributed by atoms with E-state index in [4.69, 9.17) is 9.15 Å². The highest BCUT2D eigenvalue weighted by Gasteiger charge is 2.24. The van der Waals surface area contributed by atoms with E-state index < -0.39 is 0 Å². The van der Waals surface area contributed by atoms with E-state index in [-0.39, 0.29) is 5.97 Å². The van der Waals surface area contributed by atoms with Crippen LogP contribution in [0.15, 0.2) is 34.7 Å². The lowest BCUT2D eigenvalue weighted by Crippen LogP contribution is -2.06. The summed E-state index contributed by atoms with van der Waals surface area (Å²) in [6.45, 7) is 6.08. The zero-order valence-electron chi connectivity index (χ0n) is 11.5. The molecule has 2 aromatic rings. The fourth-order valence-corrected chi connectivity index (χ4v) is 2.14. The van der Waals surface area contributed by atoms with Gasteiger partial charge in [0.25, 0.3) is 0 Å². The third-order valence-corrected chi connectivity index (χ3v) is 3.08. The minimum absolute atomic E-state index is 0.317. The second-order valence-electron chi connectivity index (χ2n) is 4.29. The van der Waals surface area contributed by atoms with E-state index in [0.29, 0.717) is 17.9 Å². The Bertz CT molecular complexity index is 567. The molecule has 1 heterocycles. The number of esters is 1. The van der Waals surface area contributed by atoms with Gasteiger partial charge in [-0.25, -0.2) is 4.79 Å². The molecule has 3 heteroatoms. The fourth-order valence-electron chi connectivity index (χ4n) is 2.14. The fraction of sp³-hybridized carbons (Fsp3) is 0.312. The monoisotopic (exact) mass is 258 g/mol. The van der Waals surface area contributed by atoms with Gasteiger partial charge in [-0.15, -0.1) is 0 Å². The van der Waals surface area contributed by atoms with Crippen molar-refractivity contribution in [3.05, 3.63) is 47.2 Å². The molecule has 0 unspecified atom stereocenters. The topological polar surface area (TPSA) is 39.4 Å². The first-order chi connectivity index (χ1) is 9.19. The highest BCUT2D eigenvalue weighted by molar-refractivity contribution is 5.97. The van der Waals surface area contributed by atoms with Crippen molar-refractivity contribution in [1.29, 1.82) is 0 Å². The Balaban J connectivity index is 2.57. The van der Waals surface area contributed by atoms with Gasteiger partial charge in [0.15, 0.2) is 0 Å². The van der Waals surface area contributed by atoms with E-state index in [1.54, 1.807) is 6.92 Å². The largest absolute Gasteiger partial charge is 0.462 e. The number of hydrogen-bond acceptors (Lipinski definition) is 3. The number of ether oxygens (including phenoxy) is 1. The third kappa shape index (κ3) is 2.55. The van der Waals surface area contributed by atoms with E-state index in [0.717, 1.165) is 23.3 Å². The second kappa shape index (κ2) is 5.74. The zero-order valence-corrected chi connectivity index (χ0v) is 11.5. The van der Waals surface area contributed by atoms with Crippen LogP contribution in [0.2, 0.25) is 0 Å². The molecular weight excluding hydrogens is 240 g/mol. The Morgan fingerprint density at radius 3 is 2.47 bits per heavy atom. The Morgan fingerprint density at radius 2 is 1.89 bits per heavy atom. The predicted octanol–water partition coefficient (Wildman–Crippen LogP) is 3.99. The highest BCUT2D eigenvalue weighted by atomic mass is 16.5. The molecule has 0 radical (unpaired) electrons. The number of hydrogen-bond donors (Lipinski definition) is 0. The summed E-state index contributed by atoms with van der Waals surface area (Å²) in [5.41, 5.74) is 2.32. The summed E-state index contributed by atoms with van der Waals surface area (Å²) in [6.07, 6.45) is 0.755. The zero-order chi connectivity index (χ0) is 13.8. The molecule has 0 fully saturated rings. The Hall–Kier alpha value is -2.03. The van der Waals surface area contributed by atoms with Gasteiger partial charge in [-0.2, -0.15) is 0 Å². The average Bonchev–Trinajstić information content (AvgIpc) is 2.77. The first kappa shape index (κ1) is 13.4. The number of aryl methyl sites for hydroxylation is 1. The maximum absolute atomic E-state index is 12.1. The standard InChI is InChI=1S/C16H18O3/c1-4-13-11(3)14(16(17)18-5-2)15(19-13)12-9-7-6-8-10-12/h6-10H,4-5H2,1-3H3. The molecule has 0 amide bonds. The predicted molar refractivity (Wildman–Crippen MR) is 74.2 cm³/mol. The second-order valence-corrected chi connectivity index (χ2v) is 4.29. The van der Waals surface area contributed by atoms with Crippen LogP contribution in [0, 0.1) is 6.92 Å². The molecule has 0 saturated heterocycles. The molecule has 2 rings (SSSR count). The van der Waals surface area contributed by atoms with E-state index in [2.05, 4.69) is 0 Å². The number of benzene rings is 1. The number of carbonyl (C=O) groups is 1. The minimum Gasteiger partial charge on any atom is -0.462 e. The summed E-state index contributed by atoms with van der Waals surface area (Å²) in [5.74, 6) is 1.12. The molecule has 100 valence electrons. The molecule has 0 bridgehead atoms. The van der Waals surface area contributed by atoms with E-state index in [1.807, 2.05) is 44.2 Å². The van der Waals surface area contributed by atoms with Gasteiger partial charge in [0.05, 0.1) is 6.61 Å². The van der Waals surface area contributed by atoms with E-state index in [9.17, 15) is 4.79 Å². The van der Waals surface area contributed by atoms with Crippen LogP contribution in [0.3, 0.4) is 0 Å². The maximum Gasteiger partial charge on any atom is 0.342 e. The molecule has 0 N–H and O–H groups in total. The van der Waals surface area contributed by atoms with Crippen molar-refractivity contribution in [2.75, 3.05) is 6.61 Å². The first-order valence-corrected chi connectivity index (χ1v) is 6.53. The summed E-state index contributed by atoms with van der Waals surface area (Å²) in [4.78, 5) is 12.1. The summed E-state index contributed by atoms with van der Waals surface area (Å²) in [5, 5.41) is 0. The molecular formula is C16H18O3. The Morgan fingerprint density at radius 1 is 1.21 bits per heavy atom. The lowest BCUT2D eigenvalue weighted by molar-refractivity contribution is 0.0526. The van der Waals surface area contributed by atoms with Crippen LogP contribution < -0.4 is 0 Å². The molecule has 0 aliphatic heterocycles. The van der Waals surface area contributed by atoms with Gasteiger partial charge in [-0.05, 0) is 13.8 Å². The molecule has 0 aliphatic rings. The van der Waals surface area contributed by atoms with Gasteiger partial charge in [0.2, 0.25) is 0 Å². The summed E-state index contributed by atoms with van der Waals surface area (Å²) in [7, 11) is 0. The molecule has 3 nitrogen and oxygen atoms in total. The van der Waals surface area contributed by atoms with Crippen LogP contribution in [0.5, 0.6) is 0 Å². The van der Waals surface area contributed by atoms with Crippen molar-refractivity contribution in [3.8, 4) is 11.3 Å². The highest BCUT2D eigenvalue weighted by Crippen LogP contribution is 2.32. The van der Waals surface area contributed by atoms with Crippen LogP contribution in [0.4, 0.5) is 0 Å². The molecule has 19 heavy (non-hydrogen) atoms. The number of furan rings is 1. The van der Waals surface area contributed by atoms with Crippen LogP contribution in [0.25, 0.3) is 11.3 Å². The quantitative estimate of drug-likeness (QED) is 0.778. The first-order valence-electron chi connectivity index (χ1n) is 6.53. The van der Waals surface area contributed by atoms with Crippen molar-refractivity contribution >= 4 is 5.97 Å². The summed E-state index contributed by atoms with van der Waals surface area (Å²) in [6, 6.07) is 9.65. The maximum atomic E-state index is 12.1. The van der Waals surface area contributed by atoms with Gasteiger partial charge in [0, 0.05) is 17.5 Å². The van der Waals surface area contributed by atoms with Crippen LogP contribution in [-0.2, 0) is 11.2 Å². The van der Waals surface area contributed by atoms with Gasteiger partial charge < -0.3 is 9.15 Å². The normalized spacial score (nSPS) is 10.5. The Labute approximate surface area is 113 Å². The van der Waals surface area contributed by atoms with Crippen LogP contribution in [-0.4, -0.2) is 12.6 Å². The lowest BCUT2D eigenvalue weighted by atomic mass is 10.0. The van der Waals surface area contributed by atoms with Gasteiger partial charge in [0.1, 0.15) is 17.1 Å². The lowest BCUT2D eigenvalue weighted by Gasteiger charge is -2.03. The average molecular weight is 258 g/mol. The van der Waals surface area contributed by atoms with Crippen molar-refractivity contribution in [2.24, 2.45) is 0 Å². The Kier molecular flexibility index (Phi) is 4.05. The number of carbonyl (C=O) groups excluding carboxylic acids is 1. The smallest absolute Gasteiger partial charge is 0.342 e. The molecule has 0 saturated carbocycles. The minimum atomic E-state index is -0.317. The number of rotatable bonds is 4. The van der Waals surface area contributed by atoms with E-state index >= 15 is 0 Å². The molecule has 0 aliphatic carbocycles. The summed E-state index contributed by atoms with van der Waals surface area (Å²) < 4.78 is 11.0. The molecule has 0 atom stereocenters. The SMILES string of the molecule is CCOC(=O)c1c(-c2ccccc2)oc(CC)c1C. The van der Waals surface area contributed by atoms with E-state index in [1.165, 1.54) is 0 Å². The van der Waals surface area contributed by atoms with Crippen molar-refractivity contribution in [3.63, 3.8) is 0 Å². The van der Waals surface area contributed by atoms with Crippen molar-refractivity contribution < 1.29 is 13.9 Å². The van der Waals surface area contributed by atoms with Crippen molar-refractivity contribution in [1.82, 2.24) is 0 Å².